The highest BCUT2D eigenvalue weighted by Gasteiger charge is 2.15. The quantitative estimate of drug-likeness (QED) is 0.500. The second-order valence-corrected chi connectivity index (χ2v) is 2.14. The van der Waals surface area contributed by atoms with E-state index in [1.807, 2.05) is 6.08 Å². The third kappa shape index (κ3) is 0.655. The fraction of sp³-hybridized carbons (Fsp3) is 0.167. The van der Waals surface area contributed by atoms with Crippen LogP contribution in [0.1, 0.15) is 6.42 Å². The molecule has 2 aliphatic heterocycles. The molecule has 0 spiro atoms. The largest absolute Gasteiger partial charge is 0.385 e. The number of hydrogen-bond acceptors (Lipinski definition) is 4. The van der Waals surface area contributed by atoms with Crippen molar-refractivity contribution in [2.45, 2.75) is 6.42 Å². The first-order valence-electron chi connectivity index (χ1n) is 3.00. The molecule has 0 amide bonds. The Bertz CT molecular complexity index is 282. The van der Waals surface area contributed by atoms with Crippen molar-refractivity contribution >= 4 is 17.3 Å². The maximum absolute atomic E-state index is 5.42. The van der Waals surface area contributed by atoms with Crippen LogP contribution >= 0.6 is 0 Å². The van der Waals surface area contributed by atoms with Gasteiger partial charge < -0.3 is 5.73 Å². The van der Waals surface area contributed by atoms with Gasteiger partial charge in [-0.3, -0.25) is 4.99 Å². The molecule has 4 heteroatoms. The lowest BCUT2D eigenvalue weighted by Crippen LogP contribution is -2.23. The Morgan fingerprint density at radius 3 is 3.20 bits per heavy atom. The molecule has 0 radical (unpaired) electrons. The van der Waals surface area contributed by atoms with Gasteiger partial charge in [-0.15, -0.1) is 10.2 Å². The van der Waals surface area contributed by atoms with Gasteiger partial charge in [-0.1, -0.05) is 0 Å². The van der Waals surface area contributed by atoms with E-state index < -0.39 is 0 Å². The molecule has 2 N–H and O–H groups in total. The van der Waals surface area contributed by atoms with Crippen molar-refractivity contribution in [1.82, 2.24) is 0 Å². The highest BCUT2D eigenvalue weighted by Crippen LogP contribution is 2.06. The van der Waals surface area contributed by atoms with Crippen LogP contribution in [0.4, 0.5) is 0 Å². The Kier molecular flexibility index (Phi) is 0.943. The molecule has 2 heterocycles. The summed E-state index contributed by atoms with van der Waals surface area (Å²) < 4.78 is 0. The van der Waals surface area contributed by atoms with Gasteiger partial charge in [-0.05, 0) is 6.08 Å². The van der Waals surface area contributed by atoms with E-state index >= 15 is 0 Å². The Labute approximate surface area is 57.9 Å². The lowest BCUT2D eigenvalue weighted by molar-refractivity contribution is 1.19. The third-order valence-electron chi connectivity index (χ3n) is 1.39. The zero-order valence-corrected chi connectivity index (χ0v) is 5.28. The molecular formula is C6H6N4. The van der Waals surface area contributed by atoms with Gasteiger partial charge in [0.2, 0.25) is 0 Å². The molecule has 0 saturated heterocycles. The minimum absolute atomic E-state index is 0.534. The van der Waals surface area contributed by atoms with Crippen molar-refractivity contribution in [2.75, 3.05) is 0 Å². The average Bonchev–Trinajstić information content (AvgIpc) is 2.33. The molecule has 50 valence electrons. The molecule has 0 aromatic rings. The topological polar surface area (TPSA) is 63.1 Å². The van der Waals surface area contributed by atoms with Gasteiger partial charge in [0.1, 0.15) is 11.5 Å². The maximum atomic E-state index is 5.42. The predicted octanol–water partition coefficient (Wildman–Crippen LogP) is 0.0716. The number of aliphatic imine (C=N–C) groups is 1. The summed E-state index contributed by atoms with van der Waals surface area (Å²) in [5, 5.41) is 7.56. The van der Waals surface area contributed by atoms with E-state index in [0.717, 1.165) is 11.4 Å². The second kappa shape index (κ2) is 1.76. The Hall–Kier alpha value is -1.45. The molecule has 0 fully saturated rings. The summed E-state index contributed by atoms with van der Waals surface area (Å²) in [7, 11) is 0. The molecule has 0 aromatic heterocycles. The van der Waals surface area contributed by atoms with E-state index in [1.54, 1.807) is 6.20 Å². The highest BCUT2D eigenvalue weighted by atomic mass is 15.2. The van der Waals surface area contributed by atoms with E-state index in [9.17, 15) is 0 Å². The standard InChI is InChI=1S/C6H6N4/c7-6-3-5-4(9-10-6)1-2-8-5/h1-2H,3H2,(H2,7,10). The average molecular weight is 134 g/mol. The number of hydrogen-bond donors (Lipinski definition) is 1. The molecule has 2 aliphatic rings. The Balaban J connectivity index is 2.42. The van der Waals surface area contributed by atoms with E-state index in [2.05, 4.69) is 15.2 Å². The molecular weight excluding hydrogens is 128 g/mol. The summed E-state index contributed by atoms with van der Waals surface area (Å²) in [6, 6.07) is 0. The minimum Gasteiger partial charge on any atom is -0.385 e. The van der Waals surface area contributed by atoms with Crippen LogP contribution in [0.15, 0.2) is 27.5 Å². The molecule has 0 aromatic carbocycles. The van der Waals surface area contributed by atoms with E-state index in [1.165, 1.54) is 0 Å². The van der Waals surface area contributed by atoms with Crippen LogP contribution in [0.5, 0.6) is 0 Å². The summed E-state index contributed by atoms with van der Waals surface area (Å²) in [5.41, 5.74) is 7.19. The number of rotatable bonds is 0. The monoisotopic (exact) mass is 134 g/mol. The first-order chi connectivity index (χ1) is 4.86. The zero-order valence-electron chi connectivity index (χ0n) is 5.28. The highest BCUT2D eigenvalue weighted by molar-refractivity contribution is 6.51. The van der Waals surface area contributed by atoms with Crippen LogP contribution < -0.4 is 5.73 Å². The predicted molar refractivity (Wildman–Crippen MR) is 40.2 cm³/mol. The van der Waals surface area contributed by atoms with Crippen molar-refractivity contribution < 1.29 is 0 Å². The van der Waals surface area contributed by atoms with Gasteiger partial charge in [0, 0.05) is 6.20 Å². The van der Waals surface area contributed by atoms with Gasteiger partial charge in [-0.2, -0.15) is 0 Å². The van der Waals surface area contributed by atoms with Gasteiger partial charge in [0.15, 0.2) is 0 Å². The van der Waals surface area contributed by atoms with Crippen molar-refractivity contribution in [3.8, 4) is 0 Å². The Morgan fingerprint density at radius 2 is 2.30 bits per heavy atom. The van der Waals surface area contributed by atoms with E-state index in [4.69, 9.17) is 5.73 Å². The van der Waals surface area contributed by atoms with Crippen LogP contribution in [0.2, 0.25) is 0 Å². The molecule has 0 unspecified atom stereocenters. The van der Waals surface area contributed by atoms with Crippen LogP contribution in [0.25, 0.3) is 0 Å². The summed E-state index contributed by atoms with van der Waals surface area (Å²) in [5.74, 6) is 0.534. The lowest BCUT2D eigenvalue weighted by Gasteiger charge is -2.04. The van der Waals surface area contributed by atoms with Crippen LogP contribution in [0.3, 0.4) is 0 Å². The van der Waals surface area contributed by atoms with Gasteiger partial charge >= 0.3 is 0 Å². The molecule has 10 heavy (non-hydrogen) atoms. The molecule has 0 atom stereocenters. The van der Waals surface area contributed by atoms with Crippen LogP contribution in [-0.4, -0.2) is 17.3 Å². The fourth-order valence-corrected chi connectivity index (χ4v) is 0.912. The third-order valence-corrected chi connectivity index (χ3v) is 1.39. The summed E-state index contributed by atoms with van der Waals surface area (Å²) in [6.07, 6.45) is 4.17. The Morgan fingerprint density at radius 1 is 1.40 bits per heavy atom. The van der Waals surface area contributed by atoms with Crippen molar-refractivity contribution in [3.05, 3.63) is 12.3 Å². The lowest BCUT2D eigenvalue weighted by atomic mass is 10.1. The van der Waals surface area contributed by atoms with Crippen molar-refractivity contribution in [1.29, 1.82) is 0 Å². The van der Waals surface area contributed by atoms with Gasteiger partial charge in [0.05, 0.1) is 12.1 Å². The second-order valence-electron chi connectivity index (χ2n) is 2.14. The molecule has 0 bridgehead atoms. The minimum atomic E-state index is 0.534. The first-order valence-corrected chi connectivity index (χ1v) is 3.00. The normalized spacial score (nSPS) is 21.4. The number of allylic oxidation sites excluding steroid dienone is 1. The molecule has 0 saturated carbocycles. The fourth-order valence-electron chi connectivity index (χ4n) is 0.912. The maximum Gasteiger partial charge on any atom is 0.128 e. The number of amidine groups is 1. The van der Waals surface area contributed by atoms with Crippen LogP contribution in [0, 0.1) is 0 Å². The smallest absolute Gasteiger partial charge is 0.128 e. The summed E-state index contributed by atoms with van der Waals surface area (Å²) >= 11 is 0. The zero-order chi connectivity index (χ0) is 6.97. The molecule has 4 nitrogen and oxygen atoms in total. The number of nitrogens with two attached hydrogens (primary N) is 1. The van der Waals surface area contributed by atoms with Crippen molar-refractivity contribution in [3.63, 3.8) is 0 Å². The van der Waals surface area contributed by atoms with Gasteiger partial charge in [-0.25, -0.2) is 0 Å². The first kappa shape index (κ1) is 5.34. The van der Waals surface area contributed by atoms with Crippen molar-refractivity contribution in [2.24, 2.45) is 20.9 Å². The number of fused-ring (bicyclic) bond motifs is 1. The molecule has 0 aliphatic carbocycles. The summed E-state index contributed by atoms with van der Waals surface area (Å²) in [4.78, 5) is 4.05. The van der Waals surface area contributed by atoms with E-state index in [0.29, 0.717) is 12.3 Å². The van der Waals surface area contributed by atoms with Gasteiger partial charge in [0.25, 0.3) is 0 Å². The summed E-state index contributed by atoms with van der Waals surface area (Å²) in [6.45, 7) is 0. The van der Waals surface area contributed by atoms with E-state index in [-0.39, 0.29) is 0 Å². The number of nitrogens with zero attached hydrogens (tertiary/aromatic N) is 3. The van der Waals surface area contributed by atoms with Crippen LogP contribution in [-0.2, 0) is 0 Å². The SMILES string of the molecule is NC1=NN=C2C=CN=C2C1. The molecule has 2 rings (SSSR count).